The lowest BCUT2D eigenvalue weighted by Crippen LogP contribution is -2.32. The molecule has 0 saturated carbocycles. The minimum Gasteiger partial charge on any atom is -0.491 e. The summed E-state index contributed by atoms with van der Waals surface area (Å²) in [6, 6.07) is 18.2. The molecule has 2 N–H and O–H groups in total. The number of hydrogen-bond acceptors (Lipinski definition) is 4. The summed E-state index contributed by atoms with van der Waals surface area (Å²) >= 11 is 0. The lowest BCUT2D eigenvalue weighted by molar-refractivity contribution is 0.0744. The van der Waals surface area contributed by atoms with Crippen molar-refractivity contribution in [1.29, 1.82) is 0 Å². The van der Waals surface area contributed by atoms with Gasteiger partial charge in [0, 0.05) is 26.2 Å². The highest BCUT2D eigenvalue weighted by Gasteiger charge is 2.09. The molecule has 2 aromatic rings. The van der Waals surface area contributed by atoms with Crippen molar-refractivity contribution in [3.8, 4) is 5.75 Å². The summed E-state index contributed by atoms with van der Waals surface area (Å²) in [5.74, 6) is 0.775. The van der Waals surface area contributed by atoms with Gasteiger partial charge in [0.15, 0.2) is 0 Å². The molecule has 0 saturated heterocycles. The standard InChI is InChI=1S/C21H28N2O2/c1-3-13-22-14-18-9-11-21(12-10-18)25-17-20(24)16-23(2)15-19-7-5-4-6-8-19/h3-12,20,22,24H,1,13-17H2,2H3. The summed E-state index contributed by atoms with van der Waals surface area (Å²) in [5.41, 5.74) is 2.43. The molecule has 4 heteroatoms. The zero-order valence-electron chi connectivity index (χ0n) is 14.9. The Labute approximate surface area is 150 Å². The summed E-state index contributed by atoms with van der Waals surface area (Å²) in [6.45, 7) is 6.94. The number of benzene rings is 2. The van der Waals surface area contributed by atoms with Crippen LogP contribution in [-0.4, -0.2) is 42.9 Å². The fourth-order valence-electron chi connectivity index (χ4n) is 2.59. The molecule has 2 rings (SSSR count). The van der Waals surface area contributed by atoms with Crippen molar-refractivity contribution in [1.82, 2.24) is 10.2 Å². The van der Waals surface area contributed by atoms with Crippen LogP contribution < -0.4 is 10.1 Å². The van der Waals surface area contributed by atoms with Crippen LogP contribution in [0.3, 0.4) is 0 Å². The van der Waals surface area contributed by atoms with Gasteiger partial charge in [-0.25, -0.2) is 0 Å². The van der Waals surface area contributed by atoms with Gasteiger partial charge in [0.1, 0.15) is 18.5 Å². The molecule has 0 aliphatic heterocycles. The Balaban J connectivity index is 1.70. The van der Waals surface area contributed by atoms with Crippen LogP contribution >= 0.6 is 0 Å². The van der Waals surface area contributed by atoms with Crippen molar-refractivity contribution in [2.24, 2.45) is 0 Å². The number of aliphatic hydroxyl groups is 1. The maximum Gasteiger partial charge on any atom is 0.119 e. The van der Waals surface area contributed by atoms with E-state index in [-0.39, 0.29) is 6.61 Å². The Hall–Kier alpha value is -2.14. The molecule has 0 spiro atoms. The van der Waals surface area contributed by atoms with Crippen LogP contribution in [0.1, 0.15) is 11.1 Å². The molecular formula is C21H28N2O2. The van der Waals surface area contributed by atoms with E-state index in [1.54, 1.807) is 0 Å². The van der Waals surface area contributed by atoms with Crippen LogP contribution in [0.25, 0.3) is 0 Å². The number of hydrogen-bond donors (Lipinski definition) is 2. The van der Waals surface area contributed by atoms with Gasteiger partial charge in [-0.05, 0) is 30.3 Å². The first-order chi connectivity index (χ1) is 12.2. The summed E-state index contributed by atoms with van der Waals surface area (Å²) in [6.07, 6.45) is 1.32. The van der Waals surface area contributed by atoms with Crippen molar-refractivity contribution in [3.05, 3.63) is 78.4 Å². The number of likely N-dealkylation sites (N-methyl/N-ethyl adjacent to an activating group) is 1. The lowest BCUT2D eigenvalue weighted by atomic mass is 10.2. The highest BCUT2D eigenvalue weighted by atomic mass is 16.5. The first-order valence-corrected chi connectivity index (χ1v) is 8.61. The van der Waals surface area contributed by atoms with Crippen molar-refractivity contribution in [3.63, 3.8) is 0 Å². The van der Waals surface area contributed by atoms with Gasteiger partial charge in [-0.2, -0.15) is 0 Å². The average molecular weight is 340 g/mol. The molecule has 134 valence electrons. The van der Waals surface area contributed by atoms with Crippen molar-refractivity contribution >= 4 is 0 Å². The Morgan fingerprint density at radius 2 is 1.84 bits per heavy atom. The maximum atomic E-state index is 10.2. The van der Waals surface area contributed by atoms with E-state index in [4.69, 9.17) is 4.74 Å². The van der Waals surface area contributed by atoms with Crippen LogP contribution in [0.5, 0.6) is 5.75 Å². The van der Waals surface area contributed by atoms with Gasteiger partial charge in [-0.15, -0.1) is 6.58 Å². The van der Waals surface area contributed by atoms with Crippen molar-refractivity contribution in [2.45, 2.75) is 19.2 Å². The Morgan fingerprint density at radius 3 is 2.52 bits per heavy atom. The lowest BCUT2D eigenvalue weighted by Gasteiger charge is -2.21. The molecule has 0 heterocycles. The molecule has 2 aromatic carbocycles. The van der Waals surface area contributed by atoms with Crippen LogP contribution in [0.2, 0.25) is 0 Å². The molecule has 25 heavy (non-hydrogen) atoms. The molecular weight excluding hydrogens is 312 g/mol. The minimum absolute atomic E-state index is 0.285. The zero-order valence-corrected chi connectivity index (χ0v) is 14.9. The molecule has 0 aliphatic rings. The molecule has 0 radical (unpaired) electrons. The van der Waals surface area contributed by atoms with E-state index < -0.39 is 6.10 Å². The number of nitrogens with zero attached hydrogens (tertiary/aromatic N) is 1. The number of ether oxygens (including phenoxy) is 1. The highest BCUT2D eigenvalue weighted by Crippen LogP contribution is 2.12. The fourth-order valence-corrected chi connectivity index (χ4v) is 2.59. The third-order valence-corrected chi connectivity index (χ3v) is 3.80. The van der Waals surface area contributed by atoms with Gasteiger partial charge in [0.05, 0.1) is 0 Å². The van der Waals surface area contributed by atoms with Gasteiger partial charge in [0.2, 0.25) is 0 Å². The molecule has 1 unspecified atom stereocenters. The molecule has 0 aromatic heterocycles. The minimum atomic E-state index is -0.525. The second kappa shape index (κ2) is 10.7. The number of rotatable bonds is 11. The summed E-state index contributed by atoms with van der Waals surface area (Å²) in [4.78, 5) is 2.09. The van der Waals surface area contributed by atoms with E-state index in [2.05, 4.69) is 28.9 Å². The smallest absolute Gasteiger partial charge is 0.119 e. The van der Waals surface area contributed by atoms with Crippen LogP contribution in [-0.2, 0) is 13.1 Å². The second-order valence-corrected chi connectivity index (χ2v) is 6.21. The highest BCUT2D eigenvalue weighted by molar-refractivity contribution is 5.27. The second-order valence-electron chi connectivity index (χ2n) is 6.21. The molecule has 1 atom stereocenters. The normalized spacial score (nSPS) is 12.1. The average Bonchev–Trinajstić information content (AvgIpc) is 2.62. The van der Waals surface area contributed by atoms with E-state index in [1.165, 1.54) is 11.1 Å². The maximum absolute atomic E-state index is 10.2. The molecule has 0 aliphatic carbocycles. The van der Waals surface area contributed by atoms with Gasteiger partial charge >= 0.3 is 0 Å². The first kappa shape index (κ1) is 19.2. The van der Waals surface area contributed by atoms with Gasteiger partial charge in [-0.3, -0.25) is 4.90 Å². The fraction of sp³-hybridized carbons (Fsp3) is 0.333. The summed E-state index contributed by atoms with van der Waals surface area (Å²) in [7, 11) is 2.00. The zero-order chi connectivity index (χ0) is 17.9. The molecule has 4 nitrogen and oxygen atoms in total. The largest absolute Gasteiger partial charge is 0.491 e. The van der Waals surface area contributed by atoms with E-state index in [9.17, 15) is 5.11 Å². The molecule has 0 amide bonds. The SMILES string of the molecule is C=CCNCc1ccc(OCC(O)CN(C)Cc2ccccc2)cc1. The Kier molecular flexibility index (Phi) is 8.19. The van der Waals surface area contributed by atoms with Gasteiger partial charge in [-0.1, -0.05) is 48.5 Å². The Bertz CT molecular complexity index is 614. The topological polar surface area (TPSA) is 44.7 Å². The van der Waals surface area contributed by atoms with Gasteiger partial charge < -0.3 is 15.2 Å². The van der Waals surface area contributed by atoms with Crippen molar-refractivity contribution < 1.29 is 9.84 Å². The van der Waals surface area contributed by atoms with E-state index in [1.807, 2.05) is 55.6 Å². The van der Waals surface area contributed by atoms with Gasteiger partial charge in [0.25, 0.3) is 0 Å². The van der Waals surface area contributed by atoms with E-state index in [0.29, 0.717) is 6.54 Å². The van der Waals surface area contributed by atoms with E-state index >= 15 is 0 Å². The first-order valence-electron chi connectivity index (χ1n) is 8.61. The van der Waals surface area contributed by atoms with Crippen molar-refractivity contribution in [2.75, 3.05) is 26.7 Å². The third-order valence-electron chi connectivity index (χ3n) is 3.80. The number of aliphatic hydroxyl groups excluding tert-OH is 1. The van der Waals surface area contributed by atoms with Crippen LogP contribution in [0.15, 0.2) is 67.3 Å². The quantitative estimate of drug-likeness (QED) is 0.488. The van der Waals surface area contributed by atoms with E-state index in [0.717, 1.165) is 25.4 Å². The van der Waals surface area contributed by atoms with Crippen LogP contribution in [0.4, 0.5) is 0 Å². The number of nitrogens with one attached hydrogen (secondary N) is 1. The predicted molar refractivity (Wildman–Crippen MR) is 103 cm³/mol. The molecule has 0 bridgehead atoms. The predicted octanol–water partition coefficient (Wildman–Crippen LogP) is 2.83. The Morgan fingerprint density at radius 1 is 1.12 bits per heavy atom. The molecule has 0 fully saturated rings. The third kappa shape index (κ3) is 7.52. The monoisotopic (exact) mass is 340 g/mol. The summed E-state index contributed by atoms with van der Waals surface area (Å²) in [5, 5.41) is 13.4. The van der Waals surface area contributed by atoms with Crippen LogP contribution in [0, 0.1) is 0 Å². The summed E-state index contributed by atoms with van der Waals surface area (Å²) < 4.78 is 5.69.